The molecule has 3 aromatic carbocycles. The van der Waals surface area contributed by atoms with Crippen LogP contribution < -0.4 is 9.80 Å². The largest absolute Gasteiger partial charge is 0.463 e. The average Bonchev–Trinajstić information content (AvgIpc) is 2.99. The van der Waals surface area contributed by atoms with Gasteiger partial charge in [-0.15, -0.1) is 0 Å². The van der Waals surface area contributed by atoms with Crippen molar-refractivity contribution in [3.8, 4) is 17.2 Å². The number of rotatable bonds is 9. The quantitative estimate of drug-likeness (QED) is 0.208. The van der Waals surface area contributed by atoms with Crippen molar-refractivity contribution in [3.63, 3.8) is 0 Å². The van der Waals surface area contributed by atoms with Crippen molar-refractivity contribution in [1.29, 1.82) is 5.26 Å². The van der Waals surface area contributed by atoms with Crippen molar-refractivity contribution in [2.45, 2.75) is 45.6 Å². The summed E-state index contributed by atoms with van der Waals surface area (Å²) in [5.74, 6) is -1.19. The predicted octanol–water partition coefficient (Wildman–Crippen LogP) is 7.12. The minimum absolute atomic E-state index is 0.0153. The van der Waals surface area contributed by atoms with Crippen molar-refractivity contribution in [3.05, 3.63) is 89.2 Å². The van der Waals surface area contributed by atoms with Crippen LogP contribution in [-0.4, -0.2) is 32.6 Å². The van der Waals surface area contributed by atoms with Crippen LogP contribution in [0.3, 0.4) is 0 Å². The second-order valence-corrected chi connectivity index (χ2v) is 10.5. The third-order valence-electron chi connectivity index (χ3n) is 7.44. The van der Waals surface area contributed by atoms with Gasteiger partial charge in [0.25, 0.3) is 0 Å². The zero-order valence-corrected chi connectivity index (χ0v) is 23.9. The molecule has 6 nitrogen and oxygen atoms in total. The molecule has 1 aliphatic carbocycles. The Labute approximate surface area is 241 Å². The van der Waals surface area contributed by atoms with Gasteiger partial charge in [0.05, 0.1) is 24.8 Å². The van der Waals surface area contributed by atoms with Crippen molar-refractivity contribution in [2.24, 2.45) is 5.92 Å². The number of amides is 1. The van der Waals surface area contributed by atoms with Crippen LogP contribution in [0, 0.1) is 23.1 Å². The minimum atomic E-state index is -0.562. The number of esters is 1. The van der Waals surface area contributed by atoms with E-state index in [1.807, 2.05) is 61.5 Å². The van der Waals surface area contributed by atoms with E-state index in [2.05, 4.69) is 6.07 Å². The Morgan fingerprint density at radius 3 is 2.37 bits per heavy atom. The molecule has 0 N–H and O–H groups in total. The molecule has 1 fully saturated rings. The molecule has 0 unspecified atom stereocenters. The number of benzene rings is 3. The van der Waals surface area contributed by atoms with Crippen LogP contribution in [0.25, 0.3) is 17.2 Å². The summed E-state index contributed by atoms with van der Waals surface area (Å²) in [7, 11) is 3.96. The van der Waals surface area contributed by atoms with Gasteiger partial charge < -0.3 is 14.5 Å². The zero-order chi connectivity index (χ0) is 29.4. The molecule has 212 valence electrons. The summed E-state index contributed by atoms with van der Waals surface area (Å²) in [5, 5.41) is 9.99. The van der Waals surface area contributed by atoms with E-state index in [0.29, 0.717) is 11.3 Å². The molecule has 0 atom stereocenters. The lowest BCUT2D eigenvalue weighted by atomic mass is 9.88. The van der Waals surface area contributed by atoms with Gasteiger partial charge in [-0.2, -0.15) is 5.26 Å². The maximum absolute atomic E-state index is 14.7. The fraction of sp³-hybridized carbons (Fsp3) is 0.324. The van der Waals surface area contributed by atoms with Gasteiger partial charge in [0, 0.05) is 43.0 Å². The Hall–Kier alpha value is -4.44. The van der Waals surface area contributed by atoms with Crippen LogP contribution in [0.5, 0.6) is 0 Å². The lowest BCUT2D eigenvalue weighted by molar-refractivity contribution is -0.137. The van der Waals surface area contributed by atoms with Crippen molar-refractivity contribution < 1.29 is 18.7 Å². The highest BCUT2D eigenvalue weighted by atomic mass is 19.1. The highest BCUT2D eigenvalue weighted by Crippen LogP contribution is 2.31. The summed E-state index contributed by atoms with van der Waals surface area (Å²) in [6.07, 6.45) is 7.30. The molecule has 0 spiro atoms. The topological polar surface area (TPSA) is 73.6 Å². The SMILES string of the molecule is CCOC(=O)/C=C/c1cc(N(Cc2ccc(-c3ccc(N(C)C)cc3)c(C#N)c2)C(=O)C2CCCCC2)ccc1F. The van der Waals surface area contributed by atoms with Gasteiger partial charge in [-0.3, -0.25) is 4.79 Å². The minimum Gasteiger partial charge on any atom is -0.463 e. The smallest absolute Gasteiger partial charge is 0.330 e. The fourth-order valence-corrected chi connectivity index (χ4v) is 5.20. The number of carbonyl (C=O) groups excluding carboxylic acids is 2. The molecule has 0 bridgehead atoms. The Morgan fingerprint density at radius 1 is 1.00 bits per heavy atom. The van der Waals surface area contributed by atoms with E-state index in [4.69, 9.17) is 4.74 Å². The van der Waals surface area contributed by atoms with Gasteiger partial charge in [0.1, 0.15) is 5.82 Å². The first-order valence-electron chi connectivity index (χ1n) is 14.1. The van der Waals surface area contributed by atoms with Crippen LogP contribution in [-0.2, 0) is 20.9 Å². The van der Waals surface area contributed by atoms with E-state index < -0.39 is 11.8 Å². The lowest BCUT2D eigenvalue weighted by Crippen LogP contribution is -2.36. The standard InChI is InChI=1S/C34H36FN3O3/c1-4-41-33(39)19-13-27-21-30(16-18-32(27)35)38(34(40)26-8-6-5-7-9-26)23-24-10-17-31(28(20-24)22-36)25-11-14-29(15-12-25)37(2)3/h10-21,26H,4-9,23H2,1-3H3/b19-13+. The molecule has 4 rings (SSSR count). The number of hydrogen-bond donors (Lipinski definition) is 0. The number of nitriles is 1. The zero-order valence-electron chi connectivity index (χ0n) is 23.9. The van der Waals surface area contributed by atoms with Crippen molar-refractivity contribution >= 4 is 29.3 Å². The molecule has 0 aromatic heterocycles. The predicted molar refractivity (Wildman–Crippen MR) is 161 cm³/mol. The van der Waals surface area contributed by atoms with Gasteiger partial charge >= 0.3 is 5.97 Å². The summed E-state index contributed by atoms with van der Waals surface area (Å²) in [6.45, 7) is 2.16. The van der Waals surface area contributed by atoms with E-state index in [9.17, 15) is 19.2 Å². The summed E-state index contributed by atoms with van der Waals surface area (Å²) in [6, 6.07) is 20.5. The van der Waals surface area contributed by atoms with Gasteiger partial charge in [0.2, 0.25) is 5.91 Å². The highest BCUT2D eigenvalue weighted by molar-refractivity contribution is 5.95. The average molecular weight is 554 g/mol. The number of anilines is 2. The van der Waals surface area contributed by atoms with E-state index >= 15 is 0 Å². The van der Waals surface area contributed by atoms with Crippen LogP contribution in [0.1, 0.15) is 55.7 Å². The van der Waals surface area contributed by atoms with E-state index in [1.54, 1.807) is 24.0 Å². The normalized spacial score (nSPS) is 13.5. The van der Waals surface area contributed by atoms with E-state index in [-0.39, 0.29) is 30.5 Å². The van der Waals surface area contributed by atoms with Gasteiger partial charge in [0.15, 0.2) is 0 Å². The number of halogens is 1. The molecular weight excluding hydrogens is 517 g/mol. The first-order chi connectivity index (χ1) is 19.8. The molecule has 1 aliphatic rings. The molecule has 41 heavy (non-hydrogen) atoms. The van der Waals surface area contributed by atoms with Crippen LogP contribution in [0.2, 0.25) is 0 Å². The monoisotopic (exact) mass is 553 g/mol. The Kier molecular flexibility index (Phi) is 9.91. The highest BCUT2D eigenvalue weighted by Gasteiger charge is 2.28. The first-order valence-corrected chi connectivity index (χ1v) is 14.1. The molecule has 7 heteroatoms. The second kappa shape index (κ2) is 13.8. The third-order valence-corrected chi connectivity index (χ3v) is 7.44. The molecule has 1 saturated carbocycles. The molecule has 0 heterocycles. The van der Waals surface area contributed by atoms with Crippen LogP contribution in [0.15, 0.2) is 66.7 Å². The maximum Gasteiger partial charge on any atom is 0.330 e. The van der Waals surface area contributed by atoms with Gasteiger partial charge in [-0.1, -0.05) is 43.5 Å². The number of ether oxygens (including phenoxy) is 1. The van der Waals surface area contributed by atoms with Crippen molar-refractivity contribution in [2.75, 3.05) is 30.5 Å². The molecule has 1 amide bonds. The summed E-state index contributed by atoms with van der Waals surface area (Å²) < 4.78 is 19.6. The van der Waals surface area contributed by atoms with Gasteiger partial charge in [-0.25, -0.2) is 9.18 Å². The third kappa shape index (κ3) is 7.40. The summed E-state index contributed by atoms with van der Waals surface area (Å²) in [5.41, 5.74) is 4.86. The van der Waals surface area contributed by atoms with E-state index in [0.717, 1.165) is 54.5 Å². The van der Waals surface area contributed by atoms with Crippen LogP contribution in [0.4, 0.5) is 15.8 Å². The second-order valence-electron chi connectivity index (χ2n) is 10.5. The first kappa shape index (κ1) is 29.5. The Bertz CT molecular complexity index is 1450. The molecule has 0 aliphatic heterocycles. The van der Waals surface area contributed by atoms with Gasteiger partial charge in [-0.05, 0) is 78.9 Å². The molecule has 0 radical (unpaired) electrons. The number of hydrogen-bond acceptors (Lipinski definition) is 5. The number of nitrogens with zero attached hydrogens (tertiary/aromatic N) is 3. The summed E-state index contributed by atoms with van der Waals surface area (Å²) >= 11 is 0. The van der Waals surface area contributed by atoms with E-state index in [1.165, 1.54) is 18.2 Å². The fourth-order valence-electron chi connectivity index (χ4n) is 5.20. The number of carbonyl (C=O) groups is 2. The maximum atomic E-state index is 14.7. The Balaban J connectivity index is 1.68. The summed E-state index contributed by atoms with van der Waals surface area (Å²) in [4.78, 5) is 29.4. The lowest BCUT2D eigenvalue weighted by Gasteiger charge is -2.30. The Morgan fingerprint density at radius 2 is 1.71 bits per heavy atom. The molecular formula is C34H36FN3O3. The molecule has 0 saturated heterocycles. The van der Waals surface area contributed by atoms with Crippen molar-refractivity contribution in [1.82, 2.24) is 0 Å². The molecule has 3 aromatic rings. The van der Waals surface area contributed by atoms with Crippen LogP contribution >= 0.6 is 0 Å².